The van der Waals surface area contributed by atoms with Crippen molar-refractivity contribution in [3.8, 4) is 0 Å². The molecule has 144 valence electrons. The highest BCUT2D eigenvalue weighted by molar-refractivity contribution is 9.10. The Kier molecular flexibility index (Phi) is 6.22. The van der Waals surface area contributed by atoms with Crippen molar-refractivity contribution in [1.29, 1.82) is 0 Å². The zero-order chi connectivity index (χ0) is 20.3. The molecule has 0 aromatic heterocycles. The molecule has 3 aromatic carbocycles. The highest BCUT2D eigenvalue weighted by Crippen LogP contribution is 2.26. The van der Waals surface area contributed by atoms with Crippen molar-refractivity contribution in [2.24, 2.45) is 0 Å². The summed E-state index contributed by atoms with van der Waals surface area (Å²) in [5.41, 5.74) is 1.62. The van der Waals surface area contributed by atoms with Crippen LogP contribution in [0, 0.1) is 6.92 Å². The summed E-state index contributed by atoms with van der Waals surface area (Å²) in [5.74, 6) is -0.425. The van der Waals surface area contributed by atoms with Gasteiger partial charge in [-0.3, -0.25) is 9.52 Å². The number of anilines is 2. The average molecular weight is 524 g/mol. The first kappa shape index (κ1) is 20.6. The van der Waals surface area contributed by atoms with Crippen molar-refractivity contribution in [3.05, 3.63) is 86.8 Å². The molecular formula is C20H16Br2N2O3S. The predicted octanol–water partition coefficient (Wildman–Crippen LogP) is 5.57. The van der Waals surface area contributed by atoms with E-state index in [0.29, 0.717) is 15.7 Å². The average Bonchev–Trinajstić information content (AvgIpc) is 2.65. The minimum atomic E-state index is -3.84. The van der Waals surface area contributed by atoms with Crippen molar-refractivity contribution in [1.82, 2.24) is 0 Å². The summed E-state index contributed by atoms with van der Waals surface area (Å²) in [6, 6.07) is 18.6. The number of amides is 1. The van der Waals surface area contributed by atoms with Gasteiger partial charge in [-0.15, -0.1) is 0 Å². The molecule has 0 heterocycles. The molecule has 0 bridgehead atoms. The van der Waals surface area contributed by atoms with Gasteiger partial charge < -0.3 is 5.32 Å². The fourth-order valence-corrected chi connectivity index (χ4v) is 4.54. The topological polar surface area (TPSA) is 75.3 Å². The molecule has 5 nitrogen and oxygen atoms in total. The quantitative estimate of drug-likeness (QED) is 0.458. The molecule has 0 aliphatic heterocycles. The summed E-state index contributed by atoms with van der Waals surface area (Å²) in [5, 5.41) is 2.77. The van der Waals surface area contributed by atoms with Crippen LogP contribution in [0.4, 0.5) is 11.4 Å². The van der Waals surface area contributed by atoms with Gasteiger partial charge in [-0.1, -0.05) is 50.1 Å². The molecule has 0 atom stereocenters. The van der Waals surface area contributed by atoms with Crippen LogP contribution in [0.1, 0.15) is 15.9 Å². The van der Waals surface area contributed by atoms with Crippen LogP contribution >= 0.6 is 31.9 Å². The zero-order valence-electron chi connectivity index (χ0n) is 14.7. The van der Waals surface area contributed by atoms with E-state index in [0.717, 1.165) is 4.47 Å². The van der Waals surface area contributed by atoms with E-state index in [4.69, 9.17) is 0 Å². The standard InChI is InChI=1S/C20H16Br2N2O3S/c1-13-4-2-3-5-19(13)28(26,27)24-18-11-8-15(22)12-17(18)20(25)23-16-9-6-14(21)7-10-16/h2-12,24H,1H3,(H,23,25). The van der Waals surface area contributed by atoms with Crippen molar-refractivity contribution in [2.75, 3.05) is 10.0 Å². The van der Waals surface area contributed by atoms with Gasteiger partial charge in [0, 0.05) is 14.6 Å². The molecule has 2 N–H and O–H groups in total. The molecule has 0 radical (unpaired) electrons. The van der Waals surface area contributed by atoms with E-state index >= 15 is 0 Å². The first-order valence-corrected chi connectivity index (χ1v) is 11.3. The molecule has 3 aromatic rings. The lowest BCUT2D eigenvalue weighted by Gasteiger charge is -2.14. The maximum atomic E-state index is 12.8. The monoisotopic (exact) mass is 522 g/mol. The number of halogens is 2. The molecule has 3 rings (SSSR count). The number of aryl methyl sites for hydroxylation is 1. The number of sulfonamides is 1. The first-order valence-electron chi connectivity index (χ1n) is 8.21. The Labute approximate surface area is 180 Å². The van der Waals surface area contributed by atoms with Crippen molar-refractivity contribution < 1.29 is 13.2 Å². The summed E-state index contributed by atoms with van der Waals surface area (Å²) in [4.78, 5) is 12.9. The summed E-state index contributed by atoms with van der Waals surface area (Å²) in [6.07, 6.45) is 0. The fraction of sp³-hybridized carbons (Fsp3) is 0.0500. The van der Waals surface area contributed by atoms with Gasteiger partial charge in [-0.2, -0.15) is 0 Å². The van der Waals surface area contributed by atoms with E-state index in [9.17, 15) is 13.2 Å². The summed E-state index contributed by atoms with van der Waals surface area (Å²) in [6.45, 7) is 1.72. The smallest absolute Gasteiger partial charge is 0.262 e. The van der Waals surface area contributed by atoms with E-state index in [1.54, 1.807) is 67.6 Å². The third-order valence-electron chi connectivity index (χ3n) is 3.96. The molecular weight excluding hydrogens is 508 g/mol. The first-order chi connectivity index (χ1) is 13.3. The third kappa shape index (κ3) is 4.81. The second kappa shape index (κ2) is 8.46. The lowest BCUT2D eigenvalue weighted by molar-refractivity contribution is 0.102. The van der Waals surface area contributed by atoms with E-state index in [1.807, 2.05) is 0 Å². The van der Waals surface area contributed by atoms with Gasteiger partial charge in [-0.05, 0) is 61.0 Å². The number of carbonyl (C=O) groups excluding carboxylic acids is 1. The van der Waals surface area contributed by atoms with Crippen LogP contribution in [0.3, 0.4) is 0 Å². The fourth-order valence-electron chi connectivity index (χ4n) is 2.58. The van der Waals surface area contributed by atoms with Crippen LogP contribution in [0.2, 0.25) is 0 Å². The minimum Gasteiger partial charge on any atom is -0.322 e. The molecule has 28 heavy (non-hydrogen) atoms. The van der Waals surface area contributed by atoms with Crippen molar-refractivity contribution in [2.45, 2.75) is 11.8 Å². The molecule has 0 fully saturated rings. The van der Waals surface area contributed by atoms with Crippen LogP contribution in [-0.2, 0) is 10.0 Å². The Morgan fingerprint density at radius 1 is 0.893 bits per heavy atom. The predicted molar refractivity (Wildman–Crippen MR) is 118 cm³/mol. The number of carbonyl (C=O) groups is 1. The highest BCUT2D eigenvalue weighted by Gasteiger charge is 2.20. The van der Waals surface area contributed by atoms with Crippen molar-refractivity contribution in [3.63, 3.8) is 0 Å². The lowest BCUT2D eigenvalue weighted by Crippen LogP contribution is -2.19. The summed E-state index contributed by atoms with van der Waals surface area (Å²) >= 11 is 6.68. The van der Waals surface area contributed by atoms with Crippen LogP contribution in [-0.4, -0.2) is 14.3 Å². The second-order valence-electron chi connectivity index (χ2n) is 6.02. The SMILES string of the molecule is Cc1ccccc1S(=O)(=O)Nc1ccc(Br)cc1C(=O)Nc1ccc(Br)cc1. The molecule has 0 aliphatic rings. The van der Waals surface area contributed by atoms with Crippen LogP contribution in [0.15, 0.2) is 80.6 Å². The summed E-state index contributed by atoms with van der Waals surface area (Å²) in [7, 11) is -3.84. The molecule has 0 unspecified atom stereocenters. The van der Waals surface area contributed by atoms with E-state index in [-0.39, 0.29) is 16.1 Å². The molecule has 0 saturated heterocycles. The van der Waals surface area contributed by atoms with Gasteiger partial charge >= 0.3 is 0 Å². The molecule has 0 spiro atoms. The van der Waals surface area contributed by atoms with Gasteiger partial charge in [0.25, 0.3) is 15.9 Å². The Hall–Kier alpha value is -2.16. The second-order valence-corrected chi connectivity index (χ2v) is 9.50. The Bertz CT molecular complexity index is 1130. The van der Waals surface area contributed by atoms with Crippen molar-refractivity contribution >= 4 is 59.2 Å². The van der Waals surface area contributed by atoms with Gasteiger partial charge in [-0.25, -0.2) is 8.42 Å². The number of hydrogen-bond acceptors (Lipinski definition) is 3. The number of benzene rings is 3. The van der Waals surface area contributed by atoms with Gasteiger partial charge in [0.1, 0.15) is 0 Å². The van der Waals surface area contributed by atoms with E-state index in [1.165, 1.54) is 6.07 Å². The molecule has 1 amide bonds. The Morgan fingerprint density at radius 2 is 1.54 bits per heavy atom. The minimum absolute atomic E-state index is 0.164. The Balaban J connectivity index is 1.93. The molecule has 0 aliphatic carbocycles. The molecule has 8 heteroatoms. The van der Waals surface area contributed by atoms with Crippen LogP contribution in [0.5, 0.6) is 0 Å². The largest absolute Gasteiger partial charge is 0.322 e. The Morgan fingerprint density at radius 3 is 2.21 bits per heavy atom. The molecule has 0 saturated carbocycles. The van der Waals surface area contributed by atoms with Crippen LogP contribution < -0.4 is 10.0 Å². The zero-order valence-corrected chi connectivity index (χ0v) is 18.7. The lowest BCUT2D eigenvalue weighted by atomic mass is 10.1. The third-order valence-corrected chi connectivity index (χ3v) is 6.50. The maximum absolute atomic E-state index is 12.8. The normalized spacial score (nSPS) is 11.1. The van der Waals surface area contributed by atoms with Crippen LogP contribution in [0.25, 0.3) is 0 Å². The van der Waals surface area contributed by atoms with E-state index < -0.39 is 15.9 Å². The van der Waals surface area contributed by atoms with Gasteiger partial charge in [0.2, 0.25) is 0 Å². The highest BCUT2D eigenvalue weighted by atomic mass is 79.9. The van der Waals surface area contributed by atoms with Gasteiger partial charge in [0.15, 0.2) is 0 Å². The maximum Gasteiger partial charge on any atom is 0.262 e. The number of hydrogen-bond donors (Lipinski definition) is 2. The van der Waals surface area contributed by atoms with E-state index in [2.05, 4.69) is 41.9 Å². The van der Waals surface area contributed by atoms with Gasteiger partial charge in [0.05, 0.1) is 16.1 Å². The summed E-state index contributed by atoms with van der Waals surface area (Å²) < 4.78 is 29.7. The number of nitrogens with one attached hydrogen (secondary N) is 2. The number of rotatable bonds is 5.